The van der Waals surface area contributed by atoms with E-state index in [2.05, 4.69) is 35.8 Å². The van der Waals surface area contributed by atoms with Gasteiger partial charge in [0.05, 0.1) is 16.9 Å². The second-order valence-electron chi connectivity index (χ2n) is 9.54. The van der Waals surface area contributed by atoms with Gasteiger partial charge in [-0.1, -0.05) is 36.4 Å². The Balaban J connectivity index is 1.24. The van der Waals surface area contributed by atoms with Gasteiger partial charge in [-0.25, -0.2) is 14.8 Å². The molecule has 0 aliphatic rings. The molecule has 0 saturated heterocycles. The molecule has 0 atom stereocenters. The number of halogens is 3. The van der Waals surface area contributed by atoms with Gasteiger partial charge < -0.3 is 16.2 Å². The Morgan fingerprint density at radius 1 is 1.07 bits per heavy atom. The van der Waals surface area contributed by atoms with Gasteiger partial charge in [-0.3, -0.25) is 19.8 Å². The summed E-state index contributed by atoms with van der Waals surface area (Å²) in [7, 11) is 0. The van der Waals surface area contributed by atoms with Gasteiger partial charge in [-0.15, -0.1) is 0 Å². The van der Waals surface area contributed by atoms with E-state index in [1.165, 1.54) is 10.9 Å². The third-order valence-electron chi connectivity index (χ3n) is 6.16. The second-order valence-corrected chi connectivity index (χ2v) is 9.54. The van der Waals surface area contributed by atoms with E-state index in [1.807, 2.05) is 13.0 Å². The lowest BCUT2D eigenvalue weighted by molar-refractivity contribution is -0.755. The third kappa shape index (κ3) is 7.70. The minimum atomic E-state index is -4.74. The third-order valence-corrected chi connectivity index (χ3v) is 6.16. The molecular weight excluding hydrogens is 579 g/mol. The zero-order valence-electron chi connectivity index (χ0n) is 23.0. The van der Waals surface area contributed by atoms with Crippen molar-refractivity contribution in [2.24, 2.45) is 4.99 Å². The molecule has 2 aromatic carbocycles. The van der Waals surface area contributed by atoms with Crippen LogP contribution < -0.4 is 26.2 Å². The molecule has 4 N–H and O–H groups in total. The largest absolute Gasteiger partial charge is 0.861 e. The van der Waals surface area contributed by atoms with E-state index in [1.54, 1.807) is 48.8 Å². The summed E-state index contributed by atoms with van der Waals surface area (Å²) in [6.45, 7) is 2.01. The van der Waals surface area contributed by atoms with Crippen LogP contribution in [0.4, 0.5) is 41.2 Å². The highest BCUT2D eigenvalue weighted by Crippen LogP contribution is 2.34. The summed E-state index contributed by atoms with van der Waals surface area (Å²) >= 11 is 0. The zero-order valence-corrected chi connectivity index (χ0v) is 23.0. The van der Waals surface area contributed by atoms with E-state index in [-0.39, 0.29) is 36.2 Å². The Hall–Kier alpha value is -5.86. The van der Waals surface area contributed by atoms with Crippen LogP contribution in [-0.2, 0) is 19.1 Å². The number of anilines is 3. The van der Waals surface area contributed by atoms with Crippen molar-refractivity contribution in [3.8, 4) is 11.1 Å². The van der Waals surface area contributed by atoms with Crippen molar-refractivity contribution in [3.63, 3.8) is 0 Å². The lowest BCUT2D eigenvalue weighted by Gasteiger charge is -2.14. The highest BCUT2D eigenvalue weighted by molar-refractivity contribution is 5.99. The average Bonchev–Trinajstić information content (AvgIpc) is 3.39. The molecule has 0 fully saturated rings. The minimum absolute atomic E-state index is 0.0799. The topological polar surface area (TPSA) is 171 Å². The molecule has 2 amide bonds. The number of aryl methyl sites for hydroxylation is 1. The Morgan fingerprint density at radius 2 is 1.86 bits per heavy atom. The monoisotopic (exact) mass is 603 g/mol. The molecule has 0 aliphatic heterocycles. The van der Waals surface area contributed by atoms with Crippen molar-refractivity contribution in [2.75, 3.05) is 16.4 Å². The second kappa shape index (κ2) is 12.6. The molecule has 12 nitrogen and oxygen atoms in total. The highest BCUT2D eigenvalue weighted by Gasteiger charge is 2.31. The fourth-order valence-corrected chi connectivity index (χ4v) is 4.16. The number of benzene rings is 2. The number of alkyl halides is 3. The maximum Gasteiger partial charge on any atom is 0.416 e. The molecule has 0 saturated carbocycles. The average molecular weight is 604 g/mol. The smallest absolute Gasteiger partial charge is 0.416 e. The van der Waals surface area contributed by atoms with Crippen LogP contribution in [0.3, 0.4) is 0 Å². The van der Waals surface area contributed by atoms with Crippen LogP contribution in [0.25, 0.3) is 11.1 Å². The number of nitrogens with two attached hydrogens (primary N) is 1. The van der Waals surface area contributed by atoms with Crippen molar-refractivity contribution < 1.29 is 32.3 Å². The van der Waals surface area contributed by atoms with Crippen LogP contribution in [-0.4, -0.2) is 32.2 Å². The van der Waals surface area contributed by atoms with Gasteiger partial charge in [0.1, 0.15) is 5.69 Å². The van der Waals surface area contributed by atoms with E-state index < -0.39 is 23.7 Å². The van der Waals surface area contributed by atoms with E-state index in [0.717, 1.165) is 29.3 Å². The van der Waals surface area contributed by atoms with Crippen molar-refractivity contribution >= 4 is 35.1 Å². The Kier molecular flexibility index (Phi) is 8.46. The molecule has 5 rings (SSSR count). The maximum absolute atomic E-state index is 13.5. The van der Waals surface area contributed by atoms with Gasteiger partial charge >= 0.3 is 18.1 Å². The molecule has 15 heteroatoms. The van der Waals surface area contributed by atoms with Crippen molar-refractivity contribution in [2.45, 2.75) is 26.1 Å². The first-order valence-electron chi connectivity index (χ1n) is 13.0. The molecular formula is C29H24F3N9O3. The standard InChI is InChI=1S/C29H24F3N9O3/c1-17-24(14-35-27(33)36-17)19-7-8-21(34-13-19)15-41-16-26(44-40-41)39-28(43)38-23-11-20(29(30,31)32)10-22(12-23)37-25(42)9-18-5-3-2-4-6-18/h2-8,10-14,16H,9,15H2,1H3,(H4-,33,35,36,37,38,39,40,42,43). The fraction of sp³-hybridized carbons (Fsp3) is 0.138. The number of nitrogens with zero attached hydrogens (tertiary/aromatic N) is 6. The molecule has 0 aliphatic carbocycles. The summed E-state index contributed by atoms with van der Waals surface area (Å²) in [6, 6.07) is 14.0. The van der Waals surface area contributed by atoms with Crippen LogP contribution in [0.15, 0.2) is 88.8 Å². The van der Waals surface area contributed by atoms with Crippen LogP contribution in [0.2, 0.25) is 0 Å². The van der Waals surface area contributed by atoms with Crippen LogP contribution in [0.1, 0.15) is 22.5 Å². The van der Waals surface area contributed by atoms with Crippen molar-refractivity contribution in [3.05, 3.63) is 102 Å². The first-order valence-corrected chi connectivity index (χ1v) is 13.0. The lowest BCUT2D eigenvalue weighted by Crippen LogP contribution is -2.35. The number of urea groups is 1. The molecule has 224 valence electrons. The molecule has 0 radical (unpaired) electrons. The van der Waals surface area contributed by atoms with Crippen LogP contribution in [0, 0.1) is 6.92 Å². The number of carbonyl (C=O) groups is 1. The van der Waals surface area contributed by atoms with Gasteiger partial charge in [0.2, 0.25) is 17.8 Å². The number of aliphatic imine (C=N–C) groups is 1. The lowest BCUT2D eigenvalue weighted by atomic mass is 10.1. The summed E-state index contributed by atoms with van der Waals surface area (Å²) in [5.41, 5.74) is 7.60. The molecule has 5 aromatic rings. The molecule has 0 bridgehead atoms. The fourth-order valence-electron chi connectivity index (χ4n) is 4.16. The highest BCUT2D eigenvalue weighted by atomic mass is 19.4. The van der Waals surface area contributed by atoms with Crippen molar-refractivity contribution in [1.29, 1.82) is 0 Å². The summed E-state index contributed by atoms with van der Waals surface area (Å²) in [4.78, 5) is 28.9. The van der Waals surface area contributed by atoms with Crippen LogP contribution in [0.5, 0.6) is 0 Å². The molecule has 3 heterocycles. The number of carbonyl (C=O) groups excluding carboxylic acids is 1. The summed E-state index contributed by atoms with van der Waals surface area (Å²) < 4.78 is 47.1. The van der Waals surface area contributed by atoms with E-state index in [0.29, 0.717) is 17.0 Å². The summed E-state index contributed by atoms with van der Waals surface area (Å²) in [6.07, 6.45) is -0.199. The molecule has 3 aromatic heterocycles. The van der Waals surface area contributed by atoms with Gasteiger partial charge in [0, 0.05) is 35.6 Å². The Bertz CT molecular complexity index is 1810. The molecule has 0 spiro atoms. The van der Waals surface area contributed by atoms with Gasteiger partial charge in [0.15, 0.2) is 0 Å². The Morgan fingerprint density at radius 3 is 2.57 bits per heavy atom. The van der Waals surface area contributed by atoms with Crippen molar-refractivity contribution in [1.82, 2.24) is 20.2 Å². The number of pyridine rings is 1. The predicted octanol–water partition coefficient (Wildman–Crippen LogP) is 4.05. The first-order chi connectivity index (χ1) is 21.0. The zero-order chi connectivity index (χ0) is 31.3. The number of hydrogen-bond acceptors (Lipinski definition) is 9. The number of rotatable bonds is 8. The Labute approximate surface area is 248 Å². The first kappa shape index (κ1) is 29.6. The normalized spacial score (nSPS) is 11.8. The van der Waals surface area contributed by atoms with Gasteiger partial charge in [-0.2, -0.15) is 13.2 Å². The van der Waals surface area contributed by atoms with E-state index in [9.17, 15) is 23.1 Å². The quantitative estimate of drug-likeness (QED) is 0.135. The number of nitrogens with one attached hydrogen (secondary N) is 2. The number of aromatic nitrogens is 5. The SMILES string of the molecule is Cc1nc(N)ncc1-c1ccc(C[n+]2cc(NC(=O)Nc3cc(N=C([O-])Cc4ccccc4)cc(C(F)(F)F)c3)on2)nc1. The predicted molar refractivity (Wildman–Crippen MR) is 152 cm³/mol. The van der Waals surface area contributed by atoms with E-state index >= 15 is 0 Å². The maximum atomic E-state index is 13.5. The van der Waals surface area contributed by atoms with Crippen LogP contribution >= 0.6 is 0 Å². The van der Waals surface area contributed by atoms with Gasteiger partial charge in [-0.05, 0) is 47.3 Å². The minimum Gasteiger partial charge on any atom is -0.861 e. The van der Waals surface area contributed by atoms with Gasteiger partial charge in [0.25, 0.3) is 6.20 Å². The number of nitrogen functional groups attached to an aromatic ring is 1. The number of hydrogen-bond donors (Lipinski definition) is 3. The molecule has 44 heavy (non-hydrogen) atoms. The number of amides is 2. The summed E-state index contributed by atoms with van der Waals surface area (Å²) in [5.74, 6) is -0.545. The summed E-state index contributed by atoms with van der Waals surface area (Å²) in [5, 5.41) is 20.9. The molecule has 0 unspecified atom stereocenters. The van der Waals surface area contributed by atoms with E-state index in [4.69, 9.17) is 10.3 Å².